The second kappa shape index (κ2) is 27.1. The Morgan fingerprint density at radius 1 is 0.949 bits per heavy atom. The highest BCUT2D eigenvalue weighted by Gasteiger charge is 2.54. The van der Waals surface area contributed by atoms with E-state index in [1.165, 1.54) is 38.9 Å². The fraction of sp³-hybridized carbons (Fsp3) is 0.759. The SMILES string of the molecule is CC[C@H]1OC(=O)[C@H](C)[C@@H](O[C@H]2C[C@@](C)(OC)[C@@H](OC(=O)NCCOCCSc3ccc4c(c3)c(=O)c(C(=O)O)cn4N(C)C)[C@H](C)O2)[C@H](C)[C@@H](O[C@@H]2O[C@H](C)C[C@H](N(C)C)[C@H]2O)[C@](C)(O)C[C@@H](C)/C(=N\O)[C@@H](C)[C@@H](O)[C@]1(C)O. The van der Waals surface area contributed by atoms with Crippen LogP contribution in [0, 0.1) is 23.7 Å². The van der Waals surface area contributed by atoms with Crippen LogP contribution in [-0.2, 0) is 42.7 Å². The number of aliphatic hydroxyl groups excluding tert-OH is 2. The second-order valence-corrected chi connectivity index (χ2v) is 23.6. The summed E-state index contributed by atoms with van der Waals surface area (Å²) in [7, 11) is 8.61. The average molecular weight is 1130 g/mol. The molecule has 78 heavy (non-hydrogen) atoms. The standard InChI is InChI=1S/C54H87N5O18S/c1-16-39-54(10,68)45(62)30(4)41(56-69)28(2)25-52(8,67)46(76-50-43(61)38(57(11)12)23-29(3)72-50)31(5)44(32(6)49(65)74-39)75-40-26-53(9,70-15)47(33(7)73-40)77-51(66)55-19-20-71-21-22-78-34-17-18-37-35(24-34)42(60)36(48(63)64)27-59(37)58(13)14/h17-18,24,27-33,38-40,43-47,50,61-62,67-69H,16,19-23,25-26H2,1-15H3,(H,55,66)(H,63,64)/b56-41+/t28-,29-,30-,31+,32-,33+,38+,39-,40+,43-,44+,45-,46-,47+,50+,52-,53-,54-/m1/s1. The van der Waals surface area contributed by atoms with Crippen LogP contribution >= 0.6 is 11.8 Å². The van der Waals surface area contributed by atoms with Crippen molar-refractivity contribution >= 4 is 46.4 Å². The van der Waals surface area contributed by atoms with Crippen LogP contribution in [0.3, 0.4) is 0 Å². The third kappa shape index (κ3) is 14.8. The van der Waals surface area contributed by atoms with Crippen molar-refractivity contribution in [3.63, 3.8) is 0 Å². The molecule has 0 saturated carbocycles. The number of aromatic carboxylic acids is 1. The van der Waals surface area contributed by atoms with Crippen molar-refractivity contribution in [1.29, 1.82) is 0 Å². The zero-order valence-corrected chi connectivity index (χ0v) is 48.7. The van der Waals surface area contributed by atoms with Crippen molar-refractivity contribution in [1.82, 2.24) is 14.9 Å². The maximum absolute atomic E-state index is 14.5. The molecule has 5 rings (SSSR count). The van der Waals surface area contributed by atoms with Gasteiger partial charge in [-0.05, 0) is 93.1 Å². The number of oxime groups is 1. The van der Waals surface area contributed by atoms with E-state index in [1.54, 1.807) is 84.4 Å². The molecule has 3 aliphatic heterocycles. The fourth-order valence-corrected chi connectivity index (χ4v) is 12.2. The number of ether oxygens (including phenoxy) is 8. The van der Waals surface area contributed by atoms with Gasteiger partial charge in [-0.15, -0.1) is 11.8 Å². The average Bonchev–Trinajstić information content (AvgIpc) is 3.43. The van der Waals surface area contributed by atoms with Crippen LogP contribution in [0.1, 0.15) is 105 Å². The second-order valence-electron chi connectivity index (χ2n) is 22.4. The van der Waals surface area contributed by atoms with Crippen LogP contribution < -0.4 is 15.8 Å². The van der Waals surface area contributed by atoms with E-state index in [0.29, 0.717) is 24.3 Å². The van der Waals surface area contributed by atoms with Gasteiger partial charge in [0, 0.05) is 80.2 Å². The first-order chi connectivity index (χ1) is 36.4. The molecule has 24 heteroatoms. The molecular weight excluding hydrogens is 1040 g/mol. The van der Waals surface area contributed by atoms with Crippen LogP contribution in [-0.4, -0.2) is 209 Å². The van der Waals surface area contributed by atoms with Crippen LogP contribution in [0.25, 0.3) is 10.9 Å². The lowest BCUT2D eigenvalue weighted by Gasteiger charge is -2.49. The molecule has 3 aliphatic rings. The highest BCUT2D eigenvalue weighted by atomic mass is 32.2. The van der Waals surface area contributed by atoms with Crippen LogP contribution in [0.5, 0.6) is 0 Å². The third-order valence-corrected chi connectivity index (χ3v) is 16.8. The van der Waals surface area contributed by atoms with Gasteiger partial charge in [-0.25, -0.2) is 9.59 Å². The molecule has 18 atom stereocenters. The summed E-state index contributed by atoms with van der Waals surface area (Å²) in [6.07, 6.45) is -10.1. The number of hydrogen-bond donors (Lipinski definition) is 7. The first-order valence-electron chi connectivity index (χ1n) is 26.8. The Hall–Kier alpha value is -4.18. The van der Waals surface area contributed by atoms with Gasteiger partial charge in [-0.3, -0.25) is 14.3 Å². The molecule has 1 aromatic heterocycles. The fourth-order valence-electron chi connectivity index (χ4n) is 11.4. The Bertz CT molecular complexity index is 2440. The number of esters is 1. The largest absolute Gasteiger partial charge is 0.477 e. The zero-order chi connectivity index (χ0) is 58.4. The molecular formula is C54H87N5O18S. The Kier molecular flexibility index (Phi) is 22.4. The zero-order valence-electron chi connectivity index (χ0n) is 47.9. The number of cyclic esters (lactones) is 1. The van der Waals surface area contributed by atoms with Crippen molar-refractivity contribution in [2.24, 2.45) is 28.8 Å². The maximum Gasteiger partial charge on any atom is 0.407 e. The third-order valence-electron chi connectivity index (χ3n) is 15.8. The van der Waals surface area contributed by atoms with E-state index < -0.39 is 119 Å². The number of likely N-dealkylation sites (N-methyl/N-ethyl adjacent to an activating group) is 1. The van der Waals surface area contributed by atoms with E-state index >= 15 is 0 Å². The van der Waals surface area contributed by atoms with Crippen molar-refractivity contribution < 1.29 is 83.0 Å². The summed E-state index contributed by atoms with van der Waals surface area (Å²) in [5.41, 5.74) is -5.40. The number of pyridine rings is 1. The Morgan fingerprint density at radius 3 is 2.23 bits per heavy atom. The molecule has 0 radical (unpaired) electrons. The highest BCUT2D eigenvalue weighted by Crippen LogP contribution is 2.42. The monoisotopic (exact) mass is 1130 g/mol. The summed E-state index contributed by atoms with van der Waals surface area (Å²) >= 11 is 1.42. The van der Waals surface area contributed by atoms with E-state index in [4.69, 9.17) is 37.9 Å². The van der Waals surface area contributed by atoms with Gasteiger partial charge >= 0.3 is 18.0 Å². The number of carbonyl (C=O) groups is 3. The maximum atomic E-state index is 14.5. The summed E-state index contributed by atoms with van der Waals surface area (Å²) in [6.45, 7) is 16.9. The first kappa shape index (κ1) is 64.6. The number of alkyl carbamates (subject to hydrolysis) is 1. The van der Waals surface area contributed by atoms with Crippen molar-refractivity contribution in [2.45, 2.75) is 184 Å². The molecule has 23 nitrogen and oxygen atoms in total. The molecule has 0 unspecified atom stereocenters. The van der Waals surface area contributed by atoms with E-state index in [9.17, 15) is 49.9 Å². The lowest BCUT2D eigenvalue weighted by atomic mass is 9.73. The molecule has 0 aliphatic carbocycles. The van der Waals surface area contributed by atoms with Gasteiger partial charge in [0.25, 0.3) is 0 Å². The number of carbonyl (C=O) groups excluding carboxylic acids is 2. The normalized spacial score (nSPS) is 36.9. The van der Waals surface area contributed by atoms with Gasteiger partial charge < -0.3 is 83.9 Å². The van der Waals surface area contributed by atoms with E-state index in [0.717, 1.165) is 4.90 Å². The minimum atomic E-state index is -2.04. The Labute approximate surface area is 461 Å². The molecule has 3 fully saturated rings. The number of nitrogens with zero attached hydrogens (tertiary/aromatic N) is 4. The molecule has 3 saturated heterocycles. The predicted molar refractivity (Wildman–Crippen MR) is 290 cm³/mol. The summed E-state index contributed by atoms with van der Waals surface area (Å²) in [5, 5.41) is 76.3. The van der Waals surface area contributed by atoms with Crippen LogP contribution in [0.2, 0.25) is 0 Å². The number of aliphatic hydroxyl groups is 4. The van der Waals surface area contributed by atoms with Crippen LogP contribution in [0.15, 0.2) is 39.2 Å². The number of amides is 1. The highest BCUT2D eigenvalue weighted by molar-refractivity contribution is 7.99. The van der Waals surface area contributed by atoms with Gasteiger partial charge in [-0.1, -0.05) is 32.9 Å². The van der Waals surface area contributed by atoms with Crippen molar-refractivity contribution in [3.05, 3.63) is 40.2 Å². The minimum Gasteiger partial charge on any atom is -0.477 e. The number of thioether (sulfide) groups is 1. The molecule has 442 valence electrons. The number of nitrogens with one attached hydrogen (secondary N) is 1. The quantitative estimate of drug-likeness (QED) is 0.0390. The number of methoxy groups -OCH3 is 1. The van der Waals surface area contributed by atoms with Gasteiger partial charge in [0.2, 0.25) is 5.43 Å². The topological polar surface area (TPSA) is 299 Å². The first-order valence-corrected chi connectivity index (χ1v) is 27.7. The number of carboxylic acid groups (broad SMARTS) is 1. The van der Waals surface area contributed by atoms with Crippen molar-refractivity contribution in [3.8, 4) is 0 Å². The number of aromatic nitrogens is 1. The summed E-state index contributed by atoms with van der Waals surface area (Å²) < 4.78 is 51.7. The lowest BCUT2D eigenvalue weighted by Crippen LogP contribution is -2.61. The van der Waals surface area contributed by atoms with Gasteiger partial charge in [-0.2, -0.15) is 0 Å². The minimum absolute atomic E-state index is 0.0284. The molecule has 0 spiro atoms. The number of rotatable bonds is 17. The summed E-state index contributed by atoms with van der Waals surface area (Å²) in [4.78, 5) is 55.3. The number of carboxylic acids is 1. The van der Waals surface area contributed by atoms with Gasteiger partial charge in [0.1, 0.15) is 29.0 Å². The summed E-state index contributed by atoms with van der Waals surface area (Å²) in [6, 6.07) is 4.89. The Balaban J connectivity index is 1.32. The van der Waals surface area contributed by atoms with Gasteiger partial charge in [0.05, 0.1) is 66.5 Å². The lowest BCUT2D eigenvalue weighted by molar-refractivity contribution is -0.317. The smallest absolute Gasteiger partial charge is 0.407 e. The van der Waals surface area contributed by atoms with E-state index in [2.05, 4.69) is 10.5 Å². The molecule has 7 N–H and O–H groups in total. The molecule has 1 amide bonds. The van der Waals surface area contributed by atoms with E-state index in [1.807, 2.05) is 32.0 Å². The molecule has 2 aromatic rings. The van der Waals surface area contributed by atoms with Crippen molar-refractivity contribution in [2.75, 3.05) is 65.8 Å². The van der Waals surface area contributed by atoms with Crippen LogP contribution in [0.4, 0.5) is 4.79 Å². The predicted octanol–water partition coefficient (Wildman–Crippen LogP) is 3.80. The number of hydrogen-bond acceptors (Lipinski definition) is 21. The Morgan fingerprint density at radius 2 is 1.63 bits per heavy atom. The molecule has 1 aromatic carbocycles. The summed E-state index contributed by atoms with van der Waals surface area (Å²) in [5.74, 6) is -5.44. The number of benzene rings is 1. The van der Waals surface area contributed by atoms with E-state index in [-0.39, 0.29) is 61.2 Å². The molecule has 4 heterocycles. The number of fused-ring (bicyclic) bond motifs is 1. The molecule has 0 bridgehead atoms. The van der Waals surface area contributed by atoms with Gasteiger partial charge in [0.15, 0.2) is 18.7 Å².